The highest BCUT2D eigenvalue weighted by Gasteiger charge is 2.21. The van der Waals surface area contributed by atoms with Gasteiger partial charge in [-0.3, -0.25) is 0 Å². The maximum Gasteiger partial charge on any atom is -0.00450 e. The quantitative estimate of drug-likeness (QED) is 0.715. The second-order valence-corrected chi connectivity index (χ2v) is 4.57. The molecule has 0 spiro atoms. The minimum absolute atomic E-state index is 0.771. The molecule has 0 atom stereocenters. The summed E-state index contributed by atoms with van der Waals surface area (Å²) in [5, 5.41) is 7.13. The average Bonchev–Trinajstić information content (AvgIpc) is 2.32. The van der Waals surface area contributed by atoms with Crippen LogP contribution in [0.15, 0.2) is 30.3 Å². The molecule has 0 aliphatic heterocycles. The summed E-state index contributed by atoms with van der Waals surface area (Å²) in [7, 11) is 0. The Morgan fingerprint density at radius 1 is 1.07 bits per heavy atom. The molecule has 0 aromatic heterocycles. The molecular formula is C14H19N. The van der Waals surface area contributed by atoms with Crippen molar-refractivity contribution in [2.45, 2.75) is 38.0 Å². The van der Waals surface area contributed by atoms with Gasteiger partial charge in [0.15, 0.2) is 0 Å². The van der Waals surface area contributed by atoms with Crippen LogP contribution in [0.5, 0.6) is 0 Å². The van der Waals surface area contributed by atoms with Crippen LogP contribution in [0.1, 0.15) is 43.6 Å². The van der Waals surface area contributed by atoms with E-state index in [1.165, 1.54) is 31.2 Å². The van der Waals surface area contributed by atoms with Gasteiger partial charge in [0.2, 0.25) is 0 Å². The first-order valence-corrected chi connectivity index (χ1v) is 5.94. The van der Waals surface area contributed by atoms with Crippen molar-refractivity contribution in [3.63, 3.8) is 0 Å². The number of hydrogen-bond donors (Lipinski definition) is 1. The third-order valence-corrected chi connectivity index (χ3v) is 3.57. The molecule has 1 aromatic rings. The monoisotopic (exact) mass is 201 g/mol. The smallest absolute Gasteiger partial charge is 0.00450 e. The van der Waals surface area contributed by atoms with Gasteiger partial charge in [-0.05, 0) is 55.7 Å². The van der Waals surface area contributed by atoms with Crippen LogP contribution in [0.25, 0.3) is 0 Å². The van der Waals surface area contributed by atoms with Gasteiger partial charge >= 0.3 is 0 Å². The van der Waals surface area contributed by atoms with E-state index in [9.17, 15) is 0 Å². The van der Waals surface area contributed by atoms with Gasteiger partial charge in [-0.15, -0.1) is 0 Å². The molecule has 1 fully saturated rings. The van der Waals surface area contributed by atoms with Crippen molar-refractivity contribution in [3.05, 3.63) is 35.9 Å². The summed E-state index contributed by atoms with van der Waals surface area (Å²) in [5.74, 6) is 1.55. The van der Waals surface area contributed by atoms with Gasteiger partial charge in [-0.1, -0.05) is 30.3 Å². The van der Waals surface area contributed by atoms with Crippen LogP contribution in [0, 0.1) is 11.3 Å². The number of hydrogen-bond acceptors (Lipinski definition) is 1. The molecule has 1 nitrogen and oxygen atoms in total. The minimum atomic E-state index is 0.771. The van der Waals surface area contributed by atoms with Gasteiger partial charge < -0.3 is 5.41 Å². The molecule has 0 heterocycles. The van der Waals surface area contributed by atoms with Crippen molar-refractivity contribution < 1.29 is 0 Å². The number of benzene rings is 1. The lowest BCUT2D eigenvalue weighted by Crippen LogP contribution is -2.13. The van der Waals surface area contributed by atoms with E-state index in [2.05, 4.69) is 30.3 Å². The summed E-state index contributed by atoms with van der Waals surface area (Å²) in [6.07, 6.45) is 7.78. The minimum Gasteiger partial charge on any atom is -0.313 e. The molecular weight excluding hydrogens is 182 g/mol. The molecule has 1 aliphatic rings. The molecule has 1 heteroatoms. The third-order valence-electron chi connectivity index (χ3n) is 3.57. The first kappa shape index (κ1) is 10.4. The Kier molecular flexibility index (Phi) is 3.54. The summed E-state index contributed by atoms with van der Waals surface area (Å²) < 4.78 is 0. The molecule has 0 unspecified atom stereocenters. The predicted octanol–water partition coefficient (Wildman–Crippen LogP) is 4.00. The second kappa shape index (κ2) is 5.11. The van der Waals surface area contributed by atoms with E-state index < -0.39 is 0 Å². The normalized spacial score (nSPS) is 26.1. The number of rotatable bonds is 3. The van der Waals surface area contributed by atoms with Crippen LogP contribution in [0.4, 0.5) is 0 Å². The van der Waals surface area contributed by atoms with Crippen LogP contribution in [0.3, 0.4) is 0 Å². The zero-order valence-electron chi connectivity index (χ0n) is 9.15. The SMILES string of the molecule is N=CCC1CCC(c2ccccc2)CC1. The molecule has 0 saturated heterocycles. The topological polar surface area (TPSA) is 23.9 Å². The predicted molar refractivity (Wildman–Crippen MR) is 64.5 cm³/mol. The Bertz CT molecular complexity index is 296. The number of nitrogens with one attached hydrogen (secondary N) is 1. The van der Waals surface area contributed by atoms with Crippen molar-refractivity contribution in [1.82, 2.24) is 0 Å². The van der Waals surface area contributed by atoms with Gasteiger partial charge in [0.1, 0.15) is 0 Å². The summed E-state index contributed by atoms with van der Waals surface area (Å²) in [6, 6.07) is 10.9. The fraction of sp³-hybridized carbons (Fsp3) is 0.500. The Hall–Kier alpha value is -1.11. The lowest BCUT2D eigenvalue weighted by atomic mass is 9.78. The van der Waals surface area contributed by atoms with Gasteiger partial charge in [0.05, 0.1) is 0 Å². The maximum atomic E-state index is 7.13. The molecule has 1 saturated carbocycles. The molecule has 2 rings (SSSR count). The maximum absolute atomic E-state index is 7.13. The third kappa shape index (κ3) is 2.68. The highest BCUT2D eigenvalue weighted by molar-refractivity contribution is 5.53. The van der Waals surface area contributed by atoms with Crippen LogP contribution < -0.4 is 0 Å². The van der Waals surface area contributed by atoms with E-state index in [-0.39, 0.29) is 0 Å². The summed E-state index contributed by atoms with van der Waals surface area (Å²) >= 11 is 0. The summed E-state index contributed by atoms with van der Waals surface area (Å²) in [4.78, 5) is 0. The molecule has 1 N–H and O–H groups in total. The van der Waals surface area contributed by atoms with Crippen LogP contribution in [-0.4, -0.2) is 6.21 Å². The standard InChI is InChI=1S/C14H19N/c15-11-10-12-6-8-14(9-7-12)13-4-2-1-3-5-13/h1-5,11-12,14-15H,6-10H2. The van der Waals surface area contributed by atoms with Crippen LogP contribution in [0.2, 0.25) is 0 Å². The Morgan fingerprint density at radius 3 is 2.33 bits per heavy atom. The summed E-state index contributed by atoms with van der Waals surface area (Å²) in [5.41, 5.74) is 1.51. The molecule has 0 amide bonds. The molecule has 15 heavy (non-hydrogen) atoms. The van der Waals surface area contributed by atoms with E-state index in [4.69, 9.17) is 5.41 Å². The van der Waals surface area contributed by atoms with Gasteiger partial charge in [0, 0.05) is 0 Å². The van der Waals surface area contributed by atoms with Crippen molar-refractivity contribution in [1.29, 1.82) is 5.41 Å². The average molecular weight is 201 g/mol. The van der Waals surface area contributed by atoms with Crippen molar-refractivity contribution in [2.75, 3.05) is 0 Å². The second-order valence-electron chi connectivity index (χ2n) is 4.57. The highest BCUT2D eigenvalue weighted by Crippen LogP contribution is 2.36. The first-order valence-electron chi connectivity index (χ1n) is 5.94. The van der Waals surface area contributed by atoms with E-state index in [1.807, 2.05) is 0 Å². The molecule has 0 radical (unpaired) electrons. The van der Waals surface area contributed by atoms with Gasteiger partial charge in [-0.2, -0.15) is 0 Å². The summed E-state index contributed by atoms with van der Waals surface area (Å²) in [6.45, 7) is 0. The largest absolute Gasteiger partial charge is 0.313 e. The zero-order valence-corrected chi connectivity index (χ0v) is 9.15. The van der Waals surface area contributed by atoms with E-state index in [0.717, 1.165) is 18.3 Å². The Morgan fingerprint density at radius 2 is 1.73 bits per heavy atom. The Balaban J connectivity index is 1.91. The van der Waals surface area contributed by atoms with E-state index >= 15 is 0 Å². The Labute approximate surface area is 92.0 Å². The zero-order chi connectivity index (χ0) is 10.5. The van der Waals surface area contributed by atoms with Gasteiger partial charge in [-0.25, -0.2) is 0 Å². The molecule has 1 aliphatic carbocycles. The highest BCUT2D eigenvalue weighted by atomic mass is 14.3. The van der Waals surface area contributed by atoms with Crippen molar-refractivity contribution in [3.8, 4) is 0 Å². The van der Waals surface area contributed by atoms with Gasteiger partial charge in [0.25, 0.3) is 0 Å². The van der Waals surface area contributed by atoms with Crippen LogP contribution in [-0.2, 0) is 0 Å². The molecule has 80 valence electrons. The fourth-order valence-electron chi connectivity index (χ4n) is 2.62. The molecule has 1 aromatic carbocycles. The lowest BCUT2D eigenvalue weighted by Gasteiger charge is -2.27. The first-order chi connectivity index (χ1) is 7.40. The van der Waals surface area contributed by atoms with Crippen LogP contribution >= 0.6 is 0 Å². The van der Waals surface area contributed by atoms with E-state index in [0.29, 0.717) is 0 Å². The van der Waals surface area contributed by atoms with E-state index in [1.54, 1.807) is 6.21 Å². The lowest BCUT2D eigenvalue weighted by molar-refractivity contribution is 0.335. The van der Waals surface area contributed by atoms with Crippen molar-refractivity contribution in [2.24, 2.45) is 5.92 Å². The molecule has 0 bridgehead atoms. The fourth-order valence-corrected chi connectivity index (χ4v) is 2.62. The van der Waals surface area contributed by atoms with Crippen molar-refractivity contribution >= 4 is 6.21 Å².